The van der Waals surface area contributed by atoms with Gasteiger partial charge in [0.1, 0.15) is 0 Å². The summed E-state index contributed by atoms with van der Waals surface area (Å²) in [5.74, 6) is 0.161. The zero-order chi connectivity index (χ0) is 17.2. The molecule has 0 aromatic heterocycles. The van der Waals surface area contributed by atoms with Gasteiger partial charge in [-0.05, 0) is 45.1 Å². The fraction of sp³-hybridized carbons (Fsp3) is 0.611. The van der Waals surface area contributed by atoms with E-state index in [9.17, 15) is 4.79 Å². The van der Waals surface area contributed by atoms with Crippen molar-refractivity contribution in [3.05, 3.63) is 29.3 Å². The lowest BCUT2D eigenvalue weighted by Gasteiger charge is -2.36. The maximum Gasteiger partial charge on any atom is 0.220 e. The number of para-hydroxylation sites is 1. The number of nitrogens with one attached hydrogen (secondary N) is 2. The highest BCUT2D eigenvalue weighted by Gasteiger charge is 2.18. The van der Waals surface area contributed by atoms with Gasteiger partial charge in [-0.3, -0.25) is 9.69 Å². The fourth-order valence-corrected chi connectivity index (χ4v) is 3.22. The molecule has 9 heteroatoms. The second-order valence-corrected chi connectivity index (χ2v) is 6.60. The molecule has 2 rings (SSSR count). The molecule has 0 saturated carbocycles. The molecular formula is C18H32Cl4N4O. The van der Waals surface area contributed by atoms with Crippen LogP contribution in [-0.4, -0.2) is 63.7 Å². The van der Waals surface area contributed by atoms with Crippen LogP contribution in [0.1, 0.15) is 19.3 Å². The highest BCUT2D eigenvalue weighted by Crippen LogP contribution is 2.25. The van der Waals surface area contributed by atoms with Crippen LogP contribution in [0.15, 0.2) is 24.3 Å². The Morgan fingerprint density at radius 1 is 1.04 bits per heavy atom. The number of carbonyl (C=O) groups excluding carboxylic acids is 1. The van der Waals surface area contributed by atoms with Gasteiger partial charge in [0.15, 0.2) is 0 Å². The molecule has 1 saturated heterocycles. The third-order valence-corrected chi connectivity index (χ3v) is 4.69. The number of rotatable bonds is 9. The van der Waals surface area contributed by atoms with E-state index in [4.69, 9.17) is 11.6 Å². The minimum atomic E-state index is 0. The van der Waals surface area contributed by atoms with E-state index < -0.39 is 0 Å². The molecule has 1 aromatic rings. The van der Waals surface area contributed by atoms with Gasteiger partial charge < -0.3 is 15.5 Å². The summed E-state index contributed by atoms with van der Waals surface area (Å²) in [6, 6.07) is 8.03. The van der Waals surface area contributed by atoms with E-state index in [2.05, 4.69) is 26.5 Å². The molecule has 1 heterocycles. The van der Waals surface area contributed by atoms with Crippen molar-refractivity contribution in [1.29, 1.82) is 0 Å². The number of hydrogen-bond donors (Lipinski definition) is 2. The third-order valence-electron chi connectivity index (χ3n) is 4.37. The Balaban J connectivity index is 0. The minimum absolute atomic E-state index is 0. The zero-order valence-corrected chi connectivity index (χ0v) is 19.0. The van der Waals surface area contributed by atoms with Gasteiger partial charge in [-0.2, -0.15) is 0 Å². The molecule has 0 bridgehead atoms. The van der Waals surface area contributed by atoms with Crippen LogP contribution in [0.5, 0.6) is 0 Å². The number of nitrogens with zero attached hydrogens (tertiary/aromatic N) is 2. The van der Waals surface area contributed by atoms with Crippen molar-refractivity contribution in [2.45, 2.75) is 19.3 Å². The van der Waals surface area contributed by atoms with Gasteiger partial charge in [0.2, 0.25) is 5.91 Å². The first-order chi connectivity index (χ1) is 11.7. The monoisotopic (exact) mass is 460 g/mol. The van der Waals surface area contributed by atoms with Crippen molar-refractivity contribution in [3.8, 4) is 0 Å². The predicted molar refractivity (Wildman–Crippen MR) is 123 cm³/mol. The van der Waals surface area contributed by atoms with Crippen LogP contribution >= 0.6 is 48.8 Å². The molecule has 1 amide bonds. The van der Waals surface area contributed by atoms with Crippen molar-refractivity contribution in [3.63, 3.8) is 0 Å². The molecular weight excluding hydrogens is 430 g/mol. The van der Waals surface area contributed by atoms with Crippen molar-refractivity contribution >= 4 is 60.4 Å². The number of halogens is 4. The minimum Gasteiger partial charge on any atom is -0.368 e. The highest BCUT2D eigenvalue weighted by atomic mass is 35.5. The van der Waals surface area contributed by atoms with Crippen LogP contribution in [-0.2, 0) is 4.79 Å². The molecule has 0 spiro atoms. The molecule has 1 aromatic carbocycles. The van der Waals surface area contributed by atoms with E-state index in [1.54, 1.807) is 0 Å². The molecule has 0 unspecified atom stereocenters. The van der Waals surface area contributed by atoms with E-state index in [1.165, 1.54) is 0 Å². The molecule has 1 aliphatic heterocycles. The van der Waals surface area contributed by atoms with E-state index in [0.29, 0.717) is 6.42 Å². The Hall–Kier alpha value is -0.430. The number of benzene rings is 1. The van der Waals surface area contributed by atoms with E-state index in [-0.39, 0.29) is 43.1 Å². The first-order valence-corrected chi connectivity index (χ1v) is 9.21. The van der Waals surface area contributed by atoms with Gasteiger partial charge in [-0.15, -0.1) is 37.2 Å². The van der Waals surface area contributed by atoms with Gasteiger partial charge in [-0.1, -0.05) is 23.7 Å². The first kappa shape index (κ1) is 28.8. The number of carbonyl (C=O) groups is 1. The fourth-order valence-electron chi connectivity index (χ4n) is 2.97. The number of anilines is 1. The summed E-state index contributed by atoms with van der Waals surface area (Å²) in [6.07, 6.45) is 2.51. The Kier molecular flexibility index (Phi) is 17.6. The summed E-state index contributed by atoms with van der Waals surface area (Å²) in [5.41, 5.74) is 1.13. The topological polar surface area (TPSA) is 47.6 Å². The summed E-state index contributed by atoms with van der Waals surface area (Å²) in [6.45, 7) is 6.78. The second-order valence-electron chi connectivity index (χ2n) is 6.19. The maximum atomic E-state index is 11.6. The van der Waals surface area contributed by atoms with Crippen LogP contribution in [0.25, 0.3) is 0 Å². The lowest BCUT2D eigenvalue weighted by atomic mass is 10.2. The SMILES string of the molecule is CNCCCC(=O)NCCCN1CCN(c2ccccc2Cl)CC1.Cl.Cl.Cl. The lowest BCUT2D eigenvalue weighted by Crippen LogP contribution is -2.47. The molecule has 0 aliphatic carbocycles. The van der Waals surface area contributed by atoms with Crippen LogP contribution in [0.2, 0.25) is 5.02 Å². The predicted octanol–water partition coefficient (Wildman–Crippen LogP) is 3.23. The maximum absolute atomic E-state index is 11.6. The van der Waals surface area contributed by atoms with Crippen LogP contribution in [0.4, 0.5) is 5.69 Å². The van der Waals surface area contributed by atoms with Crippen molar-refractivity contribution in [2.75, 3.05) is 57.8 Å². The van der Waals surface area contributed by atoms with E-state index >= 15 is 0 Å². The molecule has 2 N–H and O–H groups in total. The smallest absolute Gasteiger partial charge is 0.220 e. The van der Waals surface area contributed by atoms with Gasteiger partial charge in [-0.25, -0.2) is 0 Å². The average Bonchev–Trinajstić information content (AvgIpc) is 2.60. The largest absolute Gasteiger partial charge is 0.368 e. The summed E-state index contributed by atoms with van der Waals surface area (Å²) in [7, 11) is 1.91. The Morgan fingerprint density at radius 2 is 1.70 bits per heavy atom. The van der Waals surface area contributed by atoms with Gasteiger partial charge in [0.25, 0.3) is 0 Å². The highest BCUT2D eigenvalue weighted by molar-refractivity contribution is 6.33. The van der Waals surface area contributed by atoms with E-state index in [0.717, 1.165) is 69.4 Å². The third kappa shape index (κ3) is 10.6. The Bertz CT molecular complexity index is 514. The summed E-state index contributed by atoms with van der Waals surface area (Å²) >= 11 is 6.27. The zero-order valence-electron chi connectivity index (χ0n) is 15.8. The quantitative estimate of drug-likeness (QED) is 0.554. The summed E-state index contributed by atoms with van der Waals surface area (Å²) < 4.78 is 0. The van der Waals surface area contributed by atoms with E-state index in [1.807, 2.05) is 25.2 Å². The average molecular weight is 462 g/mol. The molecule has 5 nitrogen and oxygen atoms in total. The van der Waals surface area contributed by atoms with Gasteiger partial charge in [0.05, 0.1) is 10.7 Å². The number of piperazine rings is 1. The van der Waals surface area contributed by atoms with Crippen molar-refractivity contribution in [2.24, 2.45) is 0 Å². The van der Waals surface area contributed by atoms with Gasteiger partial charge >= 0.3 is 0 Å². The number of hydrogen-bond acceptors (Lipinski definition) is 4. The summed E-state index contributed by atoms with van der Waals surface area (Å²) in [5, 5.41) is 6.88. The lowest BCUT2D eigenvalue weighted by molar-refractivity contribution is -0.121. The molecule has 158 valence electrons. The van der Waals surface area contributed by atoms with Crippen molar-refractivity contribution in [1.82, 2.24) is 15.5 Å². The van der Waals surface area contributed by atoms with Crippen LogP contribution in [0.3, 0.4) is 0 Å². The van der Waals surface area contributed by atoms with Crippen LogP contribution < -0.4 is 15.5 Å². The van der Waals surface area contributed by atoms with Crippen molar-refractivity contribution < 1.29 is 4.79 Å². The first-order valence-electron chi connectivity index (χ1n) is 8.84. The second kappa shape index (κ2) is 16.5. The molecule has 1 fully saturated rings. The van der Waals surface area contributed by atoms with Gasteiger partial charge in [0, 0.05) is 39.1 Å². The standard InChI is InChI=1S/C18H29ClN4O.3ClH/c1-20-9-4-8-18(24)21-10-5-11-22-12-14-23(15-13-22)17-7-3-2-6-16(17)19;;;/h2-3,6-7,20H,4-5,8-15H2,1H3,(H,21,24);3*1H. The molecule has 27 heavy (non-hydrogen) atoms. The molecule has 0 radical (unpaired) electrons. The molecule has 0 atom stereocenters. The number of amides is 1. The summed E-state index contributed by atoms with van der Waals surface area (Å²) in [4.78, 5) is 16.4. The molecule has 1 aliphatic rings. The normalized spacial score (nSPS) is 13.8. The van der Waals surface area contributed by atoms with Crippen LogP contribution in [0, 0.1) is 0 Å². The Labute approximate surface area is 186 Å². The Morgan fingerprint density at radius 3 is 2.33 bits per heavy atom.